The zero-order valence-corrected chi connectivity index (χ0v) is 10.7. The van der Waals surface area contributed by atoms with Crippen molar-refractivity contribution in [1.82, 2.24) is 0 Å². The Hall–Kier alpha value is 0.497. The van der Waals surface area contributed by atoms with Gasteiger partial charge < -0.3 is 12.4 Å². The molecular formula is C13H22AlClTi-. The Morgan fingerprint density at radius 3 is 0.688 bits per heavy atom. The number of hydrogen-bond donors (Lipinski definition) is 0. The first-order valence-corrected chi connectivity index (χ1v) is 3.33. The fourth-order valence-electron chi connectivity index (χ4n) is 0.642. The summed E-state index contributed by atoms with van der Waals surface area (Å²) in [5.41, 5.74) is 0. The van der Waals surface area contributed by atoms with Gasteiger partial charge >= 0.3 is 0 Å². The molecule has 0 aliphatic heterocycles. The summed E-state index contributed by atoms with van der Waals surface area (Å²) in [6.45, 7) is 0. The number of hydrogen-bond acceptors (Lipinski definition) is 0. The van der Waals surface area contributed by atoms with Crippen LogP contribution < -0.4 is 12.4 Å². The summed E-state index contributed by atoms with van der Waals surface area (Å²) in [7, 11) is 0. The molecule has 0 N–H and O–H groups in total. The van der Waals surface area contributed by atoms with E-state index in [-0.39, 0.29) is 73.8 Å². The van der Waals surface area contributed by atoms with Crippen LogP contribution in [0.2, 0.25) is 0 Å². The van der Waals surface area contributed by atoms with E-state index >= 15 is 0 Å². The SMILES string of the molecule is C.C.C.[Al].[CH]1C=CC=C1.[CH]1C=CC=C1.[Cl-].[Ti]. The molecule has 3 heteroatoms. The minimum atomic E-state index is 0. The van der Waals surface area contributed by atoms with Gasteiger partial charge in [-0.15, -0.1) is 0 Å². The summed E-state index contributed by atoms with van der Waals surface area (Å²) in [4.78, 5) is 0. The van der Waals surface area contributed by atoms with Gasteiger partial charge in [-0.3, -0.25) is 0 Å². The standard InChI is InChI=1S/2C5H5.3CH4.Al.ClH.Ti/c2*1-2-4-5-3-1;;;;;;/h2*1-5H;3*1H4;;1H;/p-1. The van der Waals surface area contributed by atoms with E-state index in [2.05, 4.69) is 0 Å². The van der Waals surface area contributed by atoms with Gasteiger partial charge in [0.25, 0.3) is 0 Å². The molecule has 0 amide bonds. The molecule has 0 saturated heterocycles. The molecular weight excluding hydrogens is 266 g/mol. The Morgan fingerprint density at radius 1 is 0.438 bits per heavy atom. The van der Waals surface area contributed by atoms with Crippen molar-refractivity contribution >= 4 is 17.4 Å². The zero-order chi connectivity index (χ0) is 7.07. The molecule has 0 nitrogen and oxygen atoms in total. The molecule has 5 radical (unpaired) electrons. The summed E-state index contributed by atoms with van der Waals surface area (Å²) in [5, 5.41) is 0. The van der Waals surface area contributed by atoms with Gasteiger partial charge in [-0.2, -0.15) is 0 Å². The molecule has 0 fully saturated rings. The second kappa shape index (κ2) is 29.6. The Morgan fingerprint density at radius 2 is 0.625 bits per heavy atom. The van der Waals surface area contributed by atoms with Crippen LogP contribution in [-0.2, 0) is 21.7 Å². The van der Waals surface area contributed by atoms with E-state index in [4.69, 9.17) is 0 Å². The maximum atomic E-state index is 2.00. The van der Waals surface area contributed by atoms with Crippen LogP contribution in [0.5, 0.6) is 0 Å². The number of rotatable bonds is 0. The van der Waals surface area contributed by atoms with E-state index in [1.54, 1.807) is 0 Å². The molecule has 89 valence electrons. The first-order chi connectivity index (χ1) is 5.00. The molecule has 0 saturated carbocycles. The molecule has 0 spiro atoms. The van der Waals surface area contributed by atoms with Gasteiger partial charge in [0.1, 0.15) is 0 Å². The van der Waals surface area contributed by atoms with Crippen LogP contribution in [0.4, 0.5) is 0 Å². The third kappa shape index (κ3) is 24.0. The Kier molecular flexibility index (Phi) is 66.4. The van der Waals surface area contributed by atoms with Crippen molar-refractivity contribution in [2.45, 2.75) is 22.3 Å². The van der Waals surface area contributed by atoms with Crippen molar-refractivity contribution in [3.8, 4) is 0 Å². The molecule has 2 rings (SSSR count). The van der Waals surface area contributed by atoms with Crippen LogP contribution in [0.3, 0.4) is 0 Å². The van der Waals surface area contributed by atoms with Crippen molar-refractivity contribution in [3.63, 3.8) is 0 Å². The predicted molar refractivity (Wildman–Crippen MR) is 71.1 cm³/mol. The van der Waals surface area contributed by atoms with Crippen LogP contribution in [0, 0.1) is 12.8 Å². The van der Waals surface area contributed by atoms with E-state index in [0.717, 1.165) is 0 Å². The van der Waals surface area contributed by atoms with Gasteiger partial charge in [0.2, 0.25) is 0 Å². The maximum Gasteiger partial charge on any atom is 0.00506 e. The average Bonchev–Trinajstić information content (AvgIpc) is 2.67. The fraction of sp³-hybridized carbons (Fsp3) is 0.231. The summed E-state index contributed by atoms with van der Waals surface area (Å²) < 4.78 is 0. The average molecular weight is 289 g/mol. The molecule has 0 aromatic rings. The topological polar surface area (TPSA) is 0 Å². The summed E-state index contributed by atoms with van der Waals surface area (Å²) >= 11 is 0. The molecule has 0 aromatic heterocycles. The van der Waals surface area contributed by atoms with Gasteiger partial charge in [0.15, 0.2) is 0 Å². The smallest absolute Gasteiger partial charge is 0.00506 e. The Balaban J connectivity index is -0.0000000227. The second-order valence-electron chi connectivity index (χ2n) is 1.92. The fourth-order valence-corrected chi connectivity index (χ4v) is 0.642. The molecule has 0 atom stereocenters. The monoisotopic (exact) mass is 288 g/mol. The molecule has 0 aromatic carbocycles. The van der Waals surface area contributed by atoms with Crippen LogP contribution in [0.15, 0.2) is 48.6 Å². The molecule has 2 aliphatic carbocycles. The van der Waals surface area contributed by atoms with Gasteiger partial charge in [0.05, 0.1) is 0 Å². The van der Waals surface area contributed by atoms with Gasteiger partial charge in [-0.25, -0.2) is 0 Å². The predicted octanol–water partition coefficient (Wildman–Crippen LogP) is 1.16. The van der Waals surface area contributed by atoms with Crippen LogP contribution >= 0.6 is 0 Å². The minimum absolute atomic E-state index is 0. The normalized spacial score (nSPS) is 11.0. The quantitative estimate of drug-likeness (QED) is 0.587. The third-order valence-electron chi connectivity index (χ3n) is 1.11. The van der Waals surface area contributed by atoms with Crippen molar-refractivity contribution in [2.75, 3.05) is 0 Å². The largest absolute Gasteiger partial charge is 1.00 e. The van der Waals surface area contributed by atoms with Crippen molar-refractivity contribution in [1.29, 1.82) is 0 Å². The van der Waals surface area contributed by atoms with Crippen LogP contribution in [0.25, 0.3) is 0 Å². The number of halogens is 1. The van der Waals surface area contributed by atoms with E-state index in [9.17, 15) is 0 Å². The number of allylic oxidation sites excluding steroid dienone is 8. The Labute approximate surface area is 134 Å². The van der Waals surface area contributed by atoms with Gasteiger partial charge in [0, 0.05) is 51.9 Å². The minimum Gasteiger partial charge on any atom is -1.00 e. The third-order valence-corrected chi connectivity index (χ3v) is 1.11. The second-order valence-corrected chi connectivity index (χ2v) is 1.92. The Bertz CT molecular complexity index is 154. The first kappa shape index (κ1) is 36.0. The molecule has 0 unspecified atom stereocenters. The summed E-state index contributed by atoms with van der Waals surface area (Å²) in [6.07, 6.45) is 20.0. The van der Waals surface area contributed by atoms with Crippen LogP contribution in [0.1, 0.15) is 22.3 Å². The van der Waals surface area contributed by atoms with Crippen molar-refractivity contribution < 1.29 is 34.1 Å². The molecule has 0 heterocycles. The molecule has 2 aliphatic rings. The van der Waals surface area contributed by atoms with Gasteiger partial charge in [-0.1, -0.05) is 70.9 Å². The van der Waals surface area contributed by atoms with E-state index in [1.165, 1.54) is 0 Å². The maximum absolute atomic E-state index is 2.00. The van der Waals surface area contributed by atoms with Crippen molar-refractivity contribution in [3.05, 3.63) is 61.4 Å². The van der Waals surface area contributed by atoms with E-state index in [0.29, 0.717) is 0 Å². The summed E-state index contributed by atoms with van der Waals surface area (Å²) in [5.74, 6) is 0. The zero-order valence-electron chi connectivity index (χ0n) is 7.23. The van der Waals surface area contributed by atoms with Crippen LogP contribution in [-0.4, -0.2) is 17.4 Å². The summed E-state index contributed by atoms with van der Waals surface area (Å²) in [6, 6.07) is 0. The van der Waals surface area contributed by atoms with E-state index in [1.807, 2.05) is 61.4 Å². The van der Waals surface area contributed by atoms with Crippen molar-refractivity contribution in [2.24, 2.45) is 0 Å². The molecule has 0 bridgehead atoms. The first-order valence-electron chi connectivity index (χ1n) is 3.33. The van der Waals surface area contributed by atoms with E-state index < -0.39 is 0 Å². The molecule has 16 heavy (non-hydrogen) atoms. The van der Waals surface area contributed by atoms with Gasteiger partial charge in [-0.05, 0) is 0 Å².